The minimum atomic E-state index is -0.698. The molecule has 9 nitrogen and oxygen atoms in total. The molecule has 9 heteroatoms. The molecule has 1 N–H and O–H groups in total. The highest BCUT2D eigenvalue weighted by Crippen LogP contribution is 2.05. The van der Waals surface area contributed by atoms with Crippen molar-refractivity contribution in [3.8, 4) is 0 Å². The van der Waals surface area contributed by atoms with Gasteiger partial charge in [0.05, 0.1) is 17.3 Å². The van der Waals surface area contributed by atoms with Crippen molar-refractivity contribution < 1.29 is 14.3 Å². The van der Waals surface area contributed by atoms with Gasteiger partial charge in [-0.15, -0.1) is 0 Å². The van der Waals surface area contributed by atoms with Crippen LogP contribution in [-0.2, 0) is 11.3 Å². The molecular formula is C14H13N5O4. The molecule has 0 bridgehead atoms. The predicted octanol–water partition coefficient (Wildman–Crippen LogP) is 0.279. The Bertz CT molecular complexity index is 936. The standard InChI is InChI=1S/C14H13N5O4/c1-2-18-6-10(5-15-18)11(20)8-23-13(21)9-3-4-12-16-17-14(22)19(12)7-9/h3-7H,2,8H2,1H3,(H,17,22). The van der Waals surface area contributed by atoms with Gasteiger partial charge in [-0.3, -0.25) is 9.48 Å². The number of ketones is 1. The lowest BCUT2D eigenvalue weighted by Crippen LogP contribution is -2.16. The molecule has 0 saturated carbocycles. The number of fused-ring (bicyclic) bond motifs is 1. The fraction of sp³-hybridized carbons (Fsp3) is 0.214. The molecule has 3 rings (SSSR count). The average Bonchev–Trinajstić information content (AvgIpc) is 3.19. The molecule has 0 saturated heterocycles. The highest BCUT2D eigenvalue weighted by atomic mass is 16.5. The third-order valence-corrected chi connectivity index (χ3v) is 3.26. The summed E-state index contributed by atoms with van der Waals surface area (Å²) < 4.78 is 7.77. The fourth-order valence-electron chi connectivity index (χ4n) is 2.00. The molecule has 23 heavy (non-hydrogen) atoms. The predicted molar refractivity (Wildman–Crippen MR) is 78.3 cm³/mol. The molecule has 0 aromatic carbocycles. The average molecular weight is 315 g/mol. The van der Waals surface area contributed by atoms with E-state index in [1.54, 1.807) is 10.9 Å². The van der Waals surface area contributed by atoms with Crippen LogP contribution in [0.2, 0.25) is 0 Å². The van der Waals surface area contributed by atoms with Crippen molar-refractivity contribution in [1.82, 2.24) is 24.4 Å². The summed E-state index contributed by atoms with van der Waals surface area (Å²) in [6.45, 7) is 2.15. The molecule has 3 heterocycles. The number of H-pyrrole nitrogens is 1. The van der Waals surface area contributed by atoms with E-state index in [2.05, 4.69) is 15.3 Å². The lowest BCUT2D eigenvalue weighted by molar-refractivity contribution is 0.0474. The molecule has 0 fully saturated rings. The molecule has 0 unspecified atom stereocenters. The van der Waals surface area contributed by atoms with Crippen molar-refractivity contribution in [2.24, 2.45) is 0 Å². The molecule has 3 aromatic heterocycles. The minimum Gasteiger partial charge on any atom is -0.454 e. The van der Waals surface area contributed by atoms with Crippen molar-refractivity contribution in [3.63, 3.8) is 0 Å². The number of hydrogen-bond donors (Lipinski definition) is 1. The summed E-state index contributed by atoms with van der Waals surface area (Å²) in [6.07, 6.45) is 4.33. The zero-order valence-corrected chi connectivity index (χ0v) is 12.2. The van der Waals surface area contributed by atoms with Gasteiger partial charge in [-0.25, -0.2) is 19.1 Å². The largest absolute Gasteiger partial charge is 0.454 e. The summed E-state index contributed by atoms with van der Waals surface area (Å²) in [5, 5.41) is 10.0. The van der Waals surface area contributed by atoms with Crippen LogP contribution in [0.15, 0.2) is 35.5 Å². The van der Waals surface area contributed by atoms with Gasteiger partial charge in [-0.1, -0.05) is 0 Å². The number of pyridine rings is 1. The second-order valence-electron chi connectivity index (χ2n) is 4.76. The number of rotatable bonds is 5. The second kappa shape index (κ2) is 5.87. The molecule has 118 valence electrons. The maximum Gasteiger partial charge on any atom is 0.347 e. The molecule has 0 aliphatic rings. The first-order valence-corrected chi connectivity index (χ1v) is 6.88. The number of aromatic nitrogens is 5. The fourth-order valence-corrected chi connectivity index (χ4v) is 2.00. The summed E-state index contributed by atoms with van der Waals surface area (Å²) in [5.41, 5.74) is 0.450. The van der Waals surface area contributed by atoms with Crippen molar-refractivity contribution in [3.05, 3.63) is 52.3 Å². The monoisotopic (exact) mass is 315 g/mol. The summed E-state index contributed by atoms with van der Waals surface area (Å²) in [6, 6.07) is 2.97. The molecule has 0 aliphatic heterocycles. The Balaban J connectivity index is 1.69. The number of carbonyl (C=O) groups excluding carboxylic acids is 2. The summed E-state index contributed by atoms with van der Waals surface area (Å²) in [4.78, 5) is 35.4. The molecule has 0 aliphatic carbocycles. The van der Waals surface area contributed by atoms with E-state index >= 15 is 0 Å². The number of esters is 1. The van der Waals surface area contributed by atoms with E-state index in [9.17, 15) is 14.4 Å². The SMILES string of the molecule is CCn1cc(C(=O)COC(=O)c2ccc3n[nH]c(=O)n3c2)cn1. The van der Waals surface area contributed by atoms with E-state index < -0.39 is 18.3 Å². The Kier molecular flexibility index (Phi) is 3.75. The van der Waals surface area contributed by atoms with E-state index in [1.165, 1.54) is 28.9 Å². The molecule has 3 aromatic rings. The van der Waals surface area contributed by atoms with E-state index in [0.717, 1.165) is 0 Å². The lowest BCUT2D eigenvalue weighted by atomic mass is 10.2. The van der Waals surface area contributed by atoms with Gasteiger partial charge >= 0.3 is 11.7 Å². The van der Waals surface area contributed by atoms with Crippen molar-refractivity contribution >= 4 is 17.4 Å². The van der Waals surface area contributed by atoms with Gasteiger partial charge in [0, 0.05) is 18.9 Å². The Morgan fingerprint density at radius 3 is 2.83 bits per heavy atom. The van der Waals surface area contributed by atoms with Crippen LogP contribution in [0.3, 0.4) is 0 Å². The van der Waals surface area contributed by atoms with Crippen LogP contribution in [0, 0.1) is 0 Å². The van der Waals surface area contributed by atoms with Gasteiger partial charge in [0.15, 0.2) is 12.3 Å². The molecule has 0 spiro atoms. The van der Waals surface area contributed by atoms with E-state index in [-0.39, 0.29) is 11.3 Å². The molecule has 0 atom stereocenters. The maximum absolute atomic E-state index is 12.0. The Hall–Kier alpha value is -3.23. The van der Waals surface area contributed by atoms with Crippen molar-refractivity contribution in [1.29, 1.82) is 0 Å². The minimum absolute atomic E-state index is 0.151. The zero-order chi connectivity index (χ0) is 16.4. The first kappa shape index (κ1) is 14.7. The van der Waals surface area contributed by atoms with E-state index in [4.69, 9.17) is 4.74 Å². The summed E-state index contributed by atoms with van der Waals surface area (Å²) >= 11 is 0. The molecular weight excluding hydrogens is 302 g/mol. The van der Waals surface area contributed by atoms with Gasteiger partial charge in [0.25, 0.3) is 0 Å². The smallest absolute Gasteiger partial charge is 0.347 e. The van der Waals surface area contributed by atoms with Gasteiger partial charge in [-0.2, -0.15) is 10.2 Å². The third-order valence-electron chi connectivity index (χ3n) is 3.26. The topological polar surface area (TPSA) is 111 Å². The Morgan fingerprint density at radius 2 is 2.09 bits per heavy atom. The number of nitrogens with one attached hydrogen (secondary N) is 1. The molecule has 0 amide bonds. The number of carbonyl (C=O) groups is 2. The van der Waals surface area contributed by atoms with Crippen molar-refractivity contribution in [2.45, 2.75) is 13.5 Å². The number of hydrogen-bond acceptors (Lipinski definition) is 6. The van der Waals surface area contributed by atoms with Crippen LogP contribution in [0.25, 0.3) is 5.65 Å². The third kappa shape index (κ3) is 2.89. The first-order chi connectivity index (χ1) is 11.1. The van der Waals surface area contributed by atoms with E-state index in [0.29, 0.717) is 17.8 Å². The van der Waals surface area contributed by atoms with Crippen LogP contribution in [0.4, 0.5) is 0 Å². The Morgan fingerprint density at radius 1 is 1.26 bits per heavy atom. The van der Waals surface area contributed by atoms with Gasteiger partial charge in [0.2, 0.25) is 5.78 Å². The highest BCUT2D eigenvalue weighted by Gasteiger charge is 2.14. The lowest BCUT2D eigenvalue weighted by Gasteiger charge is -2.03. The quantitative estimate of drug-likeness (QED) is 0.534. The number of ether oxygens (including phenoxy) is 1. The number of Topliss-reactive ketones (excluding diaryl/α,β-unsaturated/α-hetero) is 1. The highest BCUT2D eigenvalue weighted by molar-refractivity contribution is 5.99. The first-order valence-electron chi connectivity index (χ1n) is 6.88. The van der Waals surface area contributed by atoms with E-state index in [1.807, 2.05) is 6.92 Å². The van der Waals surface area contributed by atoms with Crippen LogP contribution >= 0.6 is 0 Å². The summed E-state index contributed by atoms with van der Waals surface area (Å²) in [7, 11) is 0. The van der Waals surface area contributed by atoms with Crippen LogP contribution < -0.4 is 5.69 Å². The summed E-state index contributed by atoms with van der Waals surface area (Å²) in [5.74, 6) is -1.05. The van der Waals surface area contributed by atoms with Crippen LogP contribution in [-0.4, -0.2) is 42.7 Å². The second-order valence-corrected chi connectivity index (χ2v) is 4.76. The maximum atomic E-state index is 12.0. The zero-order valence-electron chi connectivity index (χ0n) is 12.2. The number of aromatic amines is 1. The van der Waals surface area contributed by atoms with Crippen molar-refractivity contribution in [2.75, 3.05) is 6.61 Å². The van der Waals surface area contributed by atoms with Gasteiger partial charge in [0.1, 0.15) is 0 Å². The Labute approximate surface area is 129 Å². The van der Waals surface area contributed by atoms with Crippen LogP contribution in [0.1, 0.15) is 27.6 Å². The molecule has 0 radical (unpaired) electrons. The normalized spacial score (nSPS) is 10.8. The number of aryl methyl sites for hydroxylation is 1. The van der Waals surface area contributed by atoms with Gasteiger partial charge in [-0.05, 0) is 19.1 Å². The van der Waals surface area contributed by atoms with Gasteiger partial charge < -0.3 is 4.74 Å². The van der Waals surface area contributed by atoms with Crippen LogP contribution in [0.5, 0.6) is 0 Å². The number of nitrogens with zero attached hydrogens (tertiary/aromatic N) is 4.